The number of anilines is 1. The molecule has 2 rings (SSSR count). The molecule has 0 bridgehead atoms. The van der Waals surface area contributed by atoms with Crippen LogP contribution < -0.4 is 15.5 Å². The van der Waals surface area contributed by atoms with E-state index in [1.54, 1.807) is 7.05 Å². The first-order valence-corrected chi connectivity index (χ1v) is 10.5. The summed E-state index contributed by atoms with van der Waals surface area (Å²) in [6.07, 6.45) is 3.09. The summed E-state index contributed by atoms with van der Waals surface area (Å²) in [5.41, 5.74) is 2.30. The minimum Gasteiger partial charge on any atom is -0.356 e. The summed E-state index contributed by atoms with van der Waals surface area (Å²) in [6, 6.07) is 9.27. The molecule has 1 heterocycles. The van der Waals surface area contributed by atoms with Crippen LogP contribution in [0.3, 0.4) is 0 Å². The zero-order valence-electron chi connectivity index (χ0n) is 18.6. The summed E-state index contributed by atoms with van der Waals surface area (Å²) in [5, 5.41) is 6.49. The molecule has 0 fully saturated rings. The summed E-state index contributed by atoms with van der Waals surface area (Å²) in [6.45, 7) is 11.8. The number of aryl methyl sites for hydroxylation is 1. The molecule has 7 heteroatoms. The maximum Gasteiger partial charge on any atom is 0.246 e. The molecule has 1 amide bonds. The van der Waals surface area contributed by atoms with Crippen LogP contribution in [0.5, 0.6) is 0 Å². The number of amides is 1. The van der Waals surface area contributed by atoms with E-state index in [9.17, 15) is 4.79 Å². The van der Waals surface area contributed by atoms with Crippen LogP contribution in [0, 0.1) is 0 Å². The Kier molecular flexibility index (Phi) is 11.6. The number of aliphatic imine (C=N–C) groups is 1. The van der Waals surface area contributed by atoms with Gasteiger partial charge >= 0.3 is 0 Å². The lowest BCUT2D eigenvalue weighted by Gasteiger charge is -2.30. The van der Waals surface area contributed by atoms with Crippen LogP contribution in [0.15, 0.2) is 29.3 Å². The van der Waals surface area contributed by atoms with E-state index in [1.165, 1.54) is 5.56 Å². The second kappa shape index (κ2) is 13.1. The van der Waals surface area contributed by atoms with Crippen molar-refractivity contribution in [1.29, 1.82) is 0 Å². The van der Waals surface area contributed by atoms with Crippen molar-refractivity contribution in [2.75, 3.05) is 38.1 Å². The number of carbonyl (C=O) groups excluding carboxylic acids is 1. The first kappa shape index (κ1) is 25.7. The van der Waals surface area contributed by atoms with E-state index in [1.807, 2.05) is 23.1 Å². The van der Waals surface area contributed by atoms with Gasteiger partial charge in [0.05, 0.1) is 6.54 Å². The number of hydrogen-bond donors (Lipinski definition) is 2. The van der Waals surface area contributed by atoms with Gasteiger partial charge in [-0.15, -0.1) is 24.0 Å². The third-order valence-corrected chi connectivity index (χ3v) is 5.25. The molecule has 0 radical (unpaired) electrons. The summed E-state index contributed by atoms with van der Waals surface area (Å²) in [5.74, 6) is 0.764. The van der Waals surface area contributed by atoms with Crippen molar-refractivity contribution in [2.45, 2.75) is 59.0 Å². The lowest BCUT2D eigenvalue weighted by Crippen LogP contribution is -2.46. The molecule has 0 spiro atoms. The van der Waals surface area contributed by atoms with Gasteiger partial charge in [-0.05, 0) is 58.6 Å². The molecule has 0 atom stereocenters. The van der Waals surface area contributed by atoms with Gasteiger partial charge in [0.25, 0.3) is 0 Å². The first-order chi connectivity index (χ1) is 13.4. The minimum atomic E-state index is 0. The van der Waals surface area contributed by atoms with Crippen molar-refractivity contribution in [3.63, 3.8) is 0 Å². The predicted octanol–water partition coefficient (Wildman–Crippen LogP) is 3.26. The second-order valence-corrected chi connectivity index (χ2v) is 7.91. The topological polar surface area (TPSA) is 60.0 Å². The normalized spacial score (nSPS) is 14.1. The highest BCUT2D eigenvalue weighted by atomic mass is 127. The average Bonchev–Trinajstić information content (AvgIpc) is 2.68. The molecular weight excluding hydrogens is 477 g/mol. The van der Waals surface area contributed by atoms with E-state index in [0.717, 1.165) is 44.6 Å². The first-order valence-electron chi connectivity index (χ1n) is 10.5. The molecule has 6 nitrogen and oxygen atoms in total. The molecule has 2 N–H and O–H groups in total. The highest BCUT2D eigenvalue weighted by Gasteiger charge is 2.22. The number of nitrogens with zero attached hydrogens (tertiary/aromatic N) is 3. The number of halogens is 1. The smallest absolute Gasteiger partial charge is 0.246 e. The van der Waals surface area contributed by atoms with Crippen molar-refractivity contribution in [3.8, 4) is 0 Å². The van der Waals surface area contributed by atoms with Crippen molar-refractivity contribution >= 4 is 41.5 Å². The fourth-order valence-electron chi connectivity index (χ4n) is 3.85. The van der Waals surface area contributed by atoms with Crippen LogP contribution in [0.2, 0.25) is 0 Å². The van der Waals surface area contributed by atoms with E-state index in [0.29, 0.717) is 18.0 Å². The number of guanidine groups is 1. The lowest BCUT2D eigenvalue weighted by atomic mass is 10.0. The second-order valence-electron chi connectivity index (χ2n) is 7.91. The van der Waals surface area contributed by atoms with Gasteiger partial charge in [0.15, 0.2) is 5.96 Å². The third kappa shape index (κ3) is 7.77. The molecule has 1 aromatic carbocycles. The van der Waals surface area contributed by atoms with Crippen molar-refractivity contribution < 1.29 is 4.79 Å². The Hall–Kier alpha value is -1.35. The highest BCUT2D eigenvalue weighted by Crippen LogP contribution is 2.26. The Labute approximate surface area is 193 Å². The highest BCUT2D eigenvalue weighted by molar-refractivity contribution is 14.0. The molecule has 164 valence electrons. The van der Waals surface area contributed by atoms with Gasteiger partial charge in [0.1, 0.15) is 0 Å². The fraction of sp³-hybridized carbons (Fsp3) is 0.636. The third-order valence-electron chi connectivity index (χ3n) is 5.25. The van der Waals surface area contributed by atoms with Gasteiger partial charge in [0.2, 0.25) is 5.91 Å². The summed E-state index contributed by atoms with van der Waals surface area (Å²) < 4.78 is 0. The molecule has 29 heavy (non-hydrogen) atoms. The number of hydrogen-bond acceptors (Lipinski definition) is 3. The Morgan fingerprint density at radius 3 is 2.52 bits per heavy atom. The minimum absolute atomic E-state index is 0. The number of para-hydroxylation sites is 1. The van der Waals surface area contributed by atoms with Crippen molar-refractivity contribution in [2.24, 2.45) is 4.99 Å². The molecular formula is C22H38IN5O. The fourth-order valence-corrected chi connectivity index (χ4v) is 3.85. The molecule has 0 aliphatic carbocycles. The molecule has 0 aromatic heterocycles. The number of rotatable bonds is 8. The SMILES string of the molecule is CN=C(NCCCN(C(C)C)C(C)C)NCC(=O)N1CCCc2ccccc21.I. The van der Waals surface area contributed by atoms with Gasteiger partial charge in [-0.3, -0.25) is 14.7 Å². The molecule has 0 saturated heterocycles. The van der Waals surface area contributed by atoms with E-state index in [2.05, 4.69) is 54.3 Å². The number of carbonyl (C=O) groups is 1. The molecule has 0 saturated carbocycles. The number of nitrogens with one attached hydrogen (secondary N) is 2. The summed E-state index contributed by atoms with van der Waals surface area (Å²) >= 11 is 0. The molecule has 1 aromatic rings. The van der Waals surface area contributed by atoms with E-state index in [-0.39, 0.29) is 36.4 Å². The Balaban J connectivity index is 0.00000420. The van der Waals surface area contributed by atoms with Crippen LogP contribution >= 0.6 is 24.0 Å². The maximum absolute atomic E-state index is 12.7. The quantitative estimate of drug-likeness (QED) is 0.242. The van der Waals surface area contributed by atoms with Gasteiger partial charge in [-0.1, -0.05) is 18.2 Å². The van der Waals surface area contributed by atoms with Crippen LogP contribution in [-0.2, 0) is 11.2 Å². The Morgan fingerprint density at radius 1 is 1.17 bits per heavy atom. The maximum atomic E-state index is 12.7. The molecule has 0 unspecified atom stereocenters. The van der Waals surface area contributed by atoms with Gasteiger partial charge < -0.3 is 15.5 Å². The molecule has 1 aliphatic heterocycles. The van der Waals surface area contributed by atoms with Crippen LogP contribution in [0.4, 0.5) is 5.69 Å². The standard InChI is InChI=1S/C22H37N5O.HI/c1-17(2)26(18(3)4)15-9-13-24-22(23-5)25-16-21(28)27-14-8-11-19-10-6-7-12-20(19)27;/h6-7,10,12,17-18H,8-9,11,13-16H2,1-5H3,(H2,23,24,25);1H. The van der Waals surface area contributed by atoms with E-state index >= 15 is 0 Å². The van der Waals surface area contributed by atoms with E-state index < -0.39 is 0 Å². The van der Waals surface area contributed by atoms with Gasteiger partial charge in [-0.2, -0.15) is 0 Å². The monoisotopic (exact) mass is 515 g/mol. The van der Waals surface area contributed by atoms with Crippen LogP contribution in [-0.4, -0.2) is 62.1 Å². The molecule has 1 aliphatic rings. The van der Waals surface area contributed by atoms with E-state index in [4.69, 9.17) is 0 Å². The van der Waals surface area contributed by atoms with Crippen LogP contribution in [0.1, 0.15) is 46.1 Å². The van der Waals surface area contributed by atoms with Crippen molar-refractivity contribution in [1.82, 2.24) is 15.5 Å². The lowest BCUT2D eigenvalue weighted by molar-refractivity contribution is -0.117. The van der Waals surface area contributed by atoms with Crippen LogP contribution in [0.25, 0.3) is 0 Å². The predicted molar refractivity (Wildman–Crippen MR) is 133 cm³/mol. The van der Waals surface area contributed by atoms with Crippen molar-refractivity contribution in [3.05, 3.63) is 29.8 Å². The zero-order valence-corrected chi connectivity index (χ0v) is 20.9. The largest absolute Gasteiger partial charge is 0.356 e. The van der Waals surface area contributed by atoms with Gasteiger partial charge in [0, 0.05) is 44.5 Å². The zero-order chi connectivity index (χ0) is 20.5. The summed E-state index contributed by atoms with van der Waals surface area (Å²) in [7, 11) is 1.74. The Bertz CT molecular complexity index is 654. The average molecular weight is 515 g/mol. The number of benzene rings is 1. The van der Waals surface area contributed by atoms with Gasteiger partial charge in [-0.25, -0.2) is 0 Å². The Morgan fingerprint density at radius 2 is 1.86 bits per heavy atom. The summed E-state index contributed by atoms with van der Waals surface area (Å²) in [4.78, 5) is 21.3. The number of fused-ring (bicyclic) bond motifs is 1.